The topological polar surface area (TPSA) is 102 Å². The first-order valence-corrected chi connectivity index (χ1v) is 10.4. The summed E-state index contributed by atoms with van der Waals surface area (Å²) in [7, 11) is 1.64. The Morgan fingerprint density at radius 1 is 1.23 bits per heavy atom. The maximum atomic E-state index is 5.82. The summed E-state index contributed by atoms with van der Waals surface area (Å²) in [5, 5.41) is 8.58. The highest BCUT2D eigenvalue weighted by atomic mass is 16.5. The molecule has 1 aliphatic heterocycles. The summed E-state index contributed by atoms with van der Waals surface area (Å²) < 4.78 is 13.2. The van der Waals surface area contributed by atoms with Crippen LogP contribution < -0.4 is 10.1 Å². The minimum Gasteiger partial charge on any atom is -0.480 e. The summed E-state index contributed by atoms with van der Waals surface area (Å²) in [4.78, 5) is 16.9. The fraction of sp³-hybridized carbons (Fsp3) is 0.429. The van der Waals surface area contributed by atoms with E-state index in [1.54, 1.807) is 18.0 Å². The second kappa shape index (κ2) is 6.66. The van der Waals surface area contributed by atoms with Gasteiger partial charge in [-0.3, -0.25) is 0 Å². The van der Waals surface area contributed by atoms with Gasteiger partial charge in [0, 0.05) is 29.6 Å². The Balaban J connectivity index is 1.31. The zero-order chi connectivity index (χ0) is 20.1. The third-order valence-corrected chi connectivity index (χ3v) is 6.47. The average Bonchev–Trinajstić information content (AvgIpc) is 3.39. The minimum absolute atomic E-state index is 0.153. The molecule has 0 radical (unpaired) electrons. The first-order valence-electron chi connectivity index (χ1n) is 10.4. The van der Waals surface area contributed by atoms with Crippen molar-refractivity contribution >= 4 is 22.6 Å². The largest absolute Gasteiger partial charge is 0.480 e. The van der Waals surface area contributed by atoms with Gasteiger partial charge in [0.2, 0.25) is 11.8 Å². The van der Waals surface area contributed by atoms with Crippen molar-refractivity contribution in [3.05, 3.63) is 30.9 Å². The van der Waals surface area contributed by atoms with E-state index in [1.165, 1.54) is 6.42 Å². The number of H-pyrrole nitrogens is 1. The van der Waals surface area contributed by atoms with Gasteiger partial charge in [-0.1, -0.05) is 0 Å². The van der Waals surface area contributed by atoms with Crippen molar-refractivity contribution in [1.29, 1.82) is 0 Å². The summed E-state index contributed by atoms with van der Waals surface area (Å²) in [6.07, 6.45) is 10.9. The van der Waals surface area contributed by atoms with Gasteiger partial charge in [-0.05, 0) is 44.2 Å². The van der Waals surface area contributed by atoms with E-state index in [9.17, 15) is 0 Å². The number of anilines is 1. The van der Waals surface area contributed by atoms with Crippen LogP contribution >= 0.6 is 0 Å². The Morgan fingerprint density at radius 3 is 2.87 bits per heavy atom. The predicted octanol–water partition coefficient (Wildman–Crippen LogP) is 3.19. The Morgan fingerprint density at radius 2 is 2.10 bits per heavy atom. The van der Waals surface area contributed by atoms with E-state index in [2.05, 4.69) is 25.4 Å². The zero-order valence-electron chi connectivity index (χ0n) is 16.8. The van der Waals surface area contributed by atoms with Gasteiger partial charge in [-0.15, -0.1) is 0 Å². The molecule has 2 aliphatic rings. The number of ether oxygens (including phenoxy) is 2. The molecule has 1 saturated carbocycles. The molecule has 0 bridgehead atoms. The quantitative estimate of drug-likeness (QED) is 0.537. The number of aromatic nitrogens is 6. The first kappa shape index (κ1) is 17.6. The zero-order valence-corrected chi connectivity index (χ0v) is 16.8. The van der Waals surface area contributed by atoms with E-state index in [-0.39, 0.29) is 5.60 Å². The molecule has 2 N–H and O–H groups in total. The minimum atomic E-state index is 0.153. The molecule has 4 aromatic heterocycles. The number of nitrogens with zero attached hydrogens (tertiary/aromatic N) is 5. The fourth-order valence-corrected chi connectivity index (χ4v) is 4.67. The van der Waals surface area contributed by atoms with Gasteiger partial charge in [0.15, 0.2) is 5.65 Å². The molecule has 0 amide bonds. The molecule has 4 aromatic rings. The molecular weight excluding hydrogens is 382 g/mol. The van der Waals surface area contributed by atoms with Gasteiger partial charge < -0.3 is 19.8 Å². The number of hydrogen-bond donors (Lipinski definition) is 2. The van der Waals surface area contributed by atoms with Gasteiger partial charge in [0.1, 0.15) is 12.0 Å². The maximum absolute atomic E-state index is 5.82. The van der Waals surface area contributed by atoms with Gasteiger partial charge in [-0.2, -0.15) is 15.1 Å². The fourth-order valence-electron chi connectivity index (χ4n) is 4.67. The summed E-state index contributed by atoms with van der Waals surface area (Å²) >= 11 is 0. The lowest BCUT2D eigenvalue weighted by atomic mass is 9.77. The summed E-state index contributed by atoms with van der Waals surface area (Å²) in [5.41, 5.74) is 3.65. The van der Waals surface area contributed by atoms with Crippen LogP contribution in [0.5, 0.6) is 5.88 Å². The maximum Gasteiger partial charge on any atom is 0.228 e. The Hall–Kier alpha value is -3.20. The van der Waals surface area contributed by atoms with Crippen molar-refractivity contribution in [3.63, 3.8) is 0 Å². The summed E-state index contributed by atoms with van der Waals surface area (Å²) in [6.45, 7) is 0.911. The molecule has 9 heteroatoms. The van der Waals surface area contributed by atoms with Crippen LogP contribution in [0.2, 0.25) is 0 Å². The van der Waals surface area contributed by atoms with Gasteiger partial charge in [-0.25, -0.2) is 9.50 Å². The van der Waals surface area contributed by atoms with Gasteiger partial charge >= 0.3 is 0 Å². The van der Waals surface area contributed by atoms with E-state index in [0.29, 0.717) is 17.9 Å². The SMILES string of the molecule is COc1nc(N[C@H]2CC[C@]3(CCO3)CC2)nc2[nH]cc(-c3ccc4ncnn4c3)c12. The lowest BCUT2D eigenvalue weighted by Crippen LogP contribution is -2.48. The molecular formula is C21H23N7O2. The lowest BCUT2D eigenvalue weighted by Gasteiger charge is -2.46. The molecule has 0 aromatic carbocycles. The standard InChI is InChI=1S/C21H23N7O2/c1-29-19-17-15(13-2-3-16-23-12-24-28(16)11-13)10-22-18(17)26-20(27-19)25-14-4-6-21(7-5-14)8-9-30-21/h2-3,10-12,14H,4-9H2,1H3,(H2,22,25,26,27)/t14-,21+. The first-order chi connectivity index (χ1) is 14.7. The van der Waals surface area contributed by atoms with Gasteiger partial charge in [0.25, 0.3) is 0 Å². The molecule has 1 saturated heterocycles. The lowest BCUT2D eigenvalue weighted by molar-refractivity contribution is -0.165. The number of hydrogen-bond acceptors (Lipinski definition) is 7. The van der Waals surface area contributed by atoms with Crippen LogP contribution in [0, 0.1) is 0 Å². The van der Waals surface area contributed by atoms with Gasteiger partial charge in [0.05, 0.1) is 24.7 Å². The monoisotopic (exact) mass is 405 g/mol. The third-order valence-electron chi connectivity index (χ3n) is 6.47. The number of fused-ring (bicyclic) bond motifs is 2. The van der Waals surface area contributed by atoms with Crippen molar-refractivity contribution in [1.82, 2.24) is 29.5 Å². The van der Waals surface area contributed by atoms with Crippen LogP contribution in [0.1, 0.15) is 32.1 Å². The van der Waals surface area contributed by atoms with Crippen molar-refractivity contribution < 1.29 is 9.47 Å². The highest BCUT2D eigenvalue weighted by molar-refractivity contribution is 5.97. The van der Waals surface area contributed by atoms with E-state index in [0.717, 1.165) is 60.1 Å². The molecule has 154 valence electrons. The molecule has 1 aliphatic carbocycles. The molecule has 9 nitrogen and oxygen atoms in total. The van der Waals surface area contributed by atoms with Crippen molar-refractivity contribution in [2.45, 2.75) is 43.7 Å². The molecule has 6 rings (SSSR count). The molecule has 2 fully saturated rings. The number of aromatic amines is 1. The highest BCUT2D eigenvalue weighted by Gasteiger charge is 2.41. The van der Waals surface area contributed by atoms with Crippen LogP contribution in [0.3, 0.4) is 0 Å². The van der Waals surface area contributed by atoms with Crippen LogP contribution in [-0.4, -0.2) is 54.9 Å². The Labute approximate surface area is 172 Å². The number of pyridine rings is 1. The van der Waals surface area contributed by atoms with Crippen LogP contribution in [-0.2, 0) is 4.74 Å². The van der Waals surface area contributed by atoms with Crippen molar-refractivity contribution in [3.8, 4) is 17.0 Å². The summed E-state index contributed by atoms with van der Waals surface area (Å²) in [6, 6.07) is 4.30. The Bertz CT molecular complexity index is 1220. The van der Waals surface area contributed by atoms with E-state index >= 15 is 0 Å². The second-order valence-corrected chi connectivity index (χ2v) is 8.16. The predicted molar refractivity (Wildman–Crippen MR) is 112 cm³/mol. The average molecular weight is 405 g/mol. The molecule has 0 unspecified atom stereocenters. The number of nitrogens with one attached hydrogen (secondary N) is 2. The normalized spacial score (nSPS) is 23.7. The number of rotatable bonds is 4. The highest BCUT2D eigenvalue weighted by Crippen LogP contribution is 2.41. The third kappa shape index (κ3) is 2.80. The summed E-state index contributed by atoms with van der Waals surface area (Å²) in [5.74, 6) is 1.14. The van der Waals surface area contributed by atoms with E-state index < -0.39 is 0 Å². The van der Waals surface area contributed by atoms with Crippen LogP contribution in [0.4, 0.5) is 5.95 Å². The van der Waals surface area contributed by atoms with Crippen molar-refractivity contribution in [2.75, 3.05) is 19.0 Å². The van der Waals surface area contributed by atoms with Crippen LogP contribution in [0.15, 0.2) is 30.9 Å². The number of methoxy groups -OCH3 is 1. The molecule has 1 spiro atoms. The smallest absolute Gasteiger partial charge is 0.228 e. The molecule has 30 heavy (non-hydrogen) atoms. The van der Waals surface area contributed by atoms with Crippen LogP contribution in [0.25, 0.3) is 27.8 Å². The molecule has 5 heterocycles. The Kier molecular flexibility index (Phi) is 3.92. The van der Waals surface area contributed by atoms with Crippen molar-refractivity contribution in [2.24, 2.45) is 0 Å². The van der Waals surface area contributed by atoms with E-state index in [4.69, 9.17) is 14.5 Å². The second-order valence-electron chi connectivity index (χ2n) is 8.16. The molecule has 0 atom stereocenters. The van der Waals surface area contributed by atoms with E-state index in [1.807, 2.05) is 24.5 Å².